The summed E-state index contributed by atoms with van der Waals surface area (Å²) in [6.07, 6.45) is -0.599. The van der Waals surface area contributed by atoms with Gasteiger partial charge in [-0.25, -0.2) is 4.68 Å². The minimum Gasteiger partial charge on any atom is -0.376 e. The first kappa shape index (κ1) is 27.1. The molecule has 1 aromatic carbocycles. The first-order chi connectivity index (χ1) is 18.2. The molecule has 2 fully saturated rings. The van der Waals surface area contributed by atoms with Gasteiger partial charge in [0, 0.05) is 37.8 Å². The van der Waals surface area contributed by atoms with Gasteiger partial charge in [-0.15, -0.1) is 5.10 Å². The average Bonchev–Trinajstić information content (AvgIpc) is 3.55. The van der Waals surface area contributed by atoms with Crippen molar-refractivity contribution in [1.82, 2.24) is 29.9 Å². The van der Waals surface area contributed by atoms with E-state index in [2.05, 4.69) is 50.9 Å². The minimum atomic E-state index is -4.34. The highest BCUT2D eigenvalue weighted by molar-refractivity contribution is 6.28. The molecule has 0 amide bonds. The van der Waals surface area contributed by atoms with E-state index in [0.29, 0.717) is 36.6 Å². The van der Waals surface area contributed by atoms with Gasteiger partial charge in [-0.2, -0.15) is 23.1 Å². The fourth-order valence-corrected chi connectivity index (χ4v) is 5.94. The molecule has 0 N–H and O–H groups in total. The Hall–Kier alpha value is -2.50. The number of fused-ring (bicyclic) bond motifs is 1. The topological polar surface area (TPSA) is 72.2 Å². The minimum absolute atomic E-state index is 0.00752. The third-order valence-corrected chi connectivity index (χ3v) is 7.92. The van der Waals surface area contributed by atoms with Gasteiger partial charge in [0.1, 0.15) is 0 Å². The van der Waals surface area contributed by atoms with Crippen LogP contribution in [-0.2, 0) is 17.5 Å². The van der Waals surface area contributed by atoms with Crippen molar-refractivity contribution in [1.29, 1.82) is 0 Å². The van der Waals surface area contributed by atoms with E-state index in [0.717, 1.165) is 37.9 Å². The zero-order chi connectivity index (χ0) is 27.0. The third kappa shape index (κ3) is 5.33. The van der Waals surface area contributed by atoms with Crippen molar-refractivity contribution >= 4 is 28.6 Å². The average molecular weight is 552 g/mol. The van der Waals surface area contributed by atoms with Crippen molar-refractivity contribution in [2.45, 2.75) is 83.4 Å². The maximum Gasteiger partial charge on any atom is 0.416 e. The van der Waals surface area contributed by atoms with Crippen molar-refractivity contribution in [3.05, 3.63) is 40.7 Å². The summed E-state index contributed by atoms with van der Waals surface area (Å²) in [7, 11) is 0. The molecule has 4 heterocycles. The van der Waals surface area contributed by atoms with Crippen LogP contribution >= 0.6 is 11.6 Å². The summed E-state index contributed by atoms with van der Waals surface area (Å²) >= 11 is 6.39. The van der Waals surface area contributed by atoms with E-state index in [-0.39, 0.29) is 29.5 Å². The Morgan fingerprint density at radius 3 is 2.53 bits per heavy atom. The maximum absolute atomic E-state index is 13.1. The number of hydrogen-bond acceptors (Lipinski definition) is 7. The molecule has 5 rings (SSSR count). The molecular weight excluding hydrogens is 519 g/mol. The SMILES string of the molecule is CCC(c1ccc(C(F)(F)F)cc1)N1C[C@H](C)N(c2nc(Cl)nc3c2nnn3C[C@H]2CCCO2)C[C@H]1CC. The molecule has 0 saturated carbocycles. The molecule has 38 heavy (non-hydrogen) atoms. The van der Waals surface area contributed by atoms with Gasteiger partial charge in [0.15, 0.2) is 17.0 Å². The van der Waals surface area contributed by atoms with Gasteiger partial charge < -0.3 is 9.64 Å². The normalized spacial score (nSPS) is 23.9. The molecule has 3 aromatic rings. The molecule has 0 aliphatic carbocycles. The number of hydrogen-bond donors (Lipinski definition) is 0. The molecule has 0 radical (unpaired) electrons. The molecule has 4 atom stereocenters. The zero-order valence-electron chi connectivity index (χ0n) is 21.8. The van der Waals surface area contributed by atoms with Crippen molar-refractivity contribution in [3.8, 4) is 0 Å². The smallest absolute Gasteiger partial charge is 0.376 e. The largest absolute Gasteiger partial charge is 0.416 e. The lowest BCUT2D eigenvalue weighted by atomic mass is 9.95. The Kier molecular flexibility index (Phi) is 7.79. The Morgan fingerprint density at radius 2 is 1.89 bits per heavy atom. The Labute approximate surface area is 225 Å². The molecule has 0 bridgehead atoms. The van der Waals surface area contributed by atoms with Crippen LogP contribution in [0.1, 0.15) is 63.6 Å². The summed E-state index contributed by atoms with van der Waals surface area (Å²) in [6.45, 7) is 9.04. The molecule has 2 aromatic heterocycles. The fraction of sp³-hybridized carbons (Fsp3) is 0.615. The van der Waals surface area contributed by atoms with Gasteiger partial charge in [0.2, 0.25) is 5.28 Å². The number of ether oxygens (including phenoxy) is 1. The Balaban J connectivity index is 1.41. The van der Waals surface area contributed by atoms with Gasteiger partial charge in [0.05, 0.1) is 18.2 Å². The van der Waals surface area contributed by atoms with Crippen LogP contribution in [0.15, 0.2) is 24.3 Å². The quantitative estimate of drug-likeness (QED) is 0.358. The number of rotatable bonds is 7. The second-order valence-corrected chi connectivity index (χ2v) is 10.5. The fourth-order valence-electron chi connectivity index (χ4n) is 5.78. The van der Waals surface area contributed by atoms with E-state index in [4.69, 9.17) is 16.3 Å². The van der Waals surface area contributed by atoms with Gasteiger partial charge in [-0.05, 0) is 61.9 Å². The summed E-state index contributed by atoms with van der Waals surface area (Å²) in [6, 6.07) is 5.80. The molecule has 1 unspecified atom stereocenters. The molecule has 8 nitrogen and oxygen atoms in total. The van der Waals surface area contributed by atoms with Gasteiger partial charge in [-0.1, -0.05) is 31.2 Å². The molecular formula is C26H33ClF3N7O. The van der Waals surface area contributed by atoms with Crippen LogP contribution in [0, 0.1) is 0 Å². The van der Waals surface area contributed by atoms with E-state index >= 15 is 0 Å². The van der Waals surface area contributed by atoms with E-state index in [1.54, 1.807) is 16.8 Å². The highest BCUT2D eigenvalue weighted by atomic mass is 35.5. The number of halogens is 4. The van der Waals surface area contributed by atoms with Gasteiger partial charge >= 0.3 is 6.18 Å². The van der Waals surface area contributed by atoms with Crippen LogP contribution in [-0.4, -0.2) is 67.7 Å². The lowest BCUT2D eigenvalue weighted by molar-refractivity contribution is -0.137. The van der Waals surface area contributed by atoms with Crippen molar-refractivity contribution < 1.29 is 17.9 Å². The second-order valence-electron chi connectivity index (χ2n) is 10.2. The number of benzene rings is 1. The van der Waals surface area contributed by atoms with Crippen LogP contribution in [0.4, 0.5) is 19.0 Å². The number of piperazine rings is 1. The first-order valence-corrected chi connectivity index (χ1v) is 13.6. The summed E-state index contributed by atoms with van der Waals surface area (Å²) in [4.78, 5) is 13.6. The molecule has 0 spiro atoms. The summed E-state index contributed by atoms with van der Waals surface area (Å²) in [5, 5.41) is 8.92. The zero-order valence-corrected chi connectivity index (χ0v) is 22.6. The second kappa shape index (κ2) is 10.9. The number of aromatic nitrogens is 5. The summed E-state index contributed by atoms with van der Waals surface area (Å²) in [5.41, 5.74) is 1.47. The molecule has 2 aliphatic rings. The van der Waals surface area contributed by atoms with Crippen LogP contribution in [0.2, 0.25) is 5.28 Å². The predicted molar refractivity (Wildman–Crippen MR) is 139 cm³/mol. The highest BCUT2D eigenvalue weighted by Crippen LogP contribution is 2.36. The van der Waals surface area contributed by atoms with E-state index < -0.39 is 11.7 Å². The standard InChI is InChI=1S/C26H33ClF3N7O/c1-4-19-14-35(16(3)13-36(19)21(5-2)17-8-10-18(11-9-17)26(28,29)30)23-22-24(32-25(27)31-23)37(34-33-22)15-20-7-6-12-38-20/h8-11,16,19-21H,4-7,12-15H2,1-3H3/t16-,19+,20+,21?/m0/s1. The van der Waals surface area contributed by atoms with Crippen LogP contribution in [0.5, 0.6) is 0 Å². The highest BCUT2D eigenvalue weighted by Gasteiger charge is 2.37. The number of anilines is 1. The third-order valence-electron chi connectivity index (χ3n) is 7.75. The van der Waals surface area contributed by atoms with Crippen LogP contribution in [0.25, 0.3) is 11.2 Å². The molecule has 206 valence electrons. The lowest BCUT2D eigenvalue weighted by Crippen LogP contribution is -2.58. The molecule has 2 aliphatic heterocycles. The number of alkyl halides is 3. The van der Waals surface area contributed by atoms with E-state index in [1.807, 2.05) is 0 Å². The van der Waals surface area contributed by atoms with Gasteiger partial charge in [0.25, 0.3) is 0 Å². The molecule has 2 saturated heterocycles. The van der Waals surface area contributed by atoms with Crippen molar-refractivity contribution in [2.24, 2.45) is 0 Å². The van der Waals surface area contributed by atoms with E-state index in [1.165, 1.54) is 12.1 Å². The molecule has 12 heteroatoms. The van der Waals surface area contributed by atoms with E-state index in [9.17, 15) is 13.2 Å². The monoisotopic (exact) mass is 551 g/mol. The van der Waals surface area contributed by atoms with Gasteiger partial charge in [-0.3, -0.25) is 4.90 Å². The summed E-state index contributed by atoms with van der Waals surface area (Å²) in [5.74, 6) is 0.659. The first-order valence-electron chi connectivity index (χ1n) is 13.3. The Bertz CT molecular complexity index is 1250. The van der Waals surface area contributed by atoms with Crippen LogP contribution in [0.3, 0.4) is 0 Å². The maximum atomic E-state index is 13.1. The van der Waals surface area contributed by atoms with Crippen LogP contribution < -0.4 is 4.90 Å². The number of nitrogens with zero attached hydrogens (tertiary/aromatic N) is 7. The van der Waals surface area contributed by atoms with Crippen molar-refractivity contribution in [3.63, 3.8) is 0 Å². The Morgan fingerprint density at radius 1 is 1.13 bits per heavy atom. The summed E-state index contributed by atoms with van der Waals surface area (Å²) < 4.78 is 46.9. The lowest BCUT2D eigenvalue weighted by Gasteiger charge is -2.48. The predicted octanol–water partition coefficient (Wildman–Crippen LogP) is 5.51. The van der Waals surface area contributed by atoms with Crippen molar-refractivity contribution in [2.75, 3.05) is 24.6 Å².